The SMILES string of the molecule is COc1cc(-c2cnc3cc(O[C@H]4CCC5(NC(=O)OC(C)(C)C)CCC5C4)ccn23)cc(OC(F)F)c1C(=O)NC1CC1. The van der Waals surface area contributed by atoms with Crippen molar-refractivity contribution in [1.29, 1.82) is 0 Å². The first-order valence-electron chi connectivity index (χ1n) is 15.1. The highest BCUT2D eigenvalue weighted by atomic mass is 19.3. The van der Waals surface area contributed by atoms with Crippen LogP contribution in [0.2, 0.25) is 0 Å². The molecule has 0 aliphatic heterocycles. The maximum absolute atomic E-state index is 13.4. The lowest BCUT2D eigenvalue weighted by Crippen LogP contribution is -2.63. The van der Waals surface area contributed by atoms with Gasteiger partial charge in [0, 0.05) is 29.4 Å². The van der Waals surface area contributed by atoms with E-state index in [1.807, 2.05) is 32.9 Å². The Balaban J connectivity index is 1.18. The van der Waals surface area contributed by atoms with Crippen LogP contribution in [0.25, 0.3) is 16.9 Å². The predicted molar refractivity (Wildman–Crippen MR) is 157 cm³/mol. The van der Waals surface area contributed by atoms with E-state index in [9.17, 15) is 18.4 Å². The van der Waals surface area contributed by atoms with Gasteiger partial charge in [0.15, 0.2) is 0 Å². The number of nitrogens with zero attached hydrogens (tertiary/aromatic N) is 2. The third-order valence-corrected chi connectivity index (χ3v) is 8.65. The van der Waals surface area contributed by atoms with Crippen LogP contribution in [0.15, 0.2) is 36.7 Å². The third kappa shape index (κ3) is 6.25. The van der Waals surface area contributed by atoms with E-state index < -0.39 is 18.1 Å². The second-order valence-electron chi connectivity index (χ2n) is 12.9. The van der Waals surface area contributed by atoms with Gasteiger partial charge >= 0.3 is 12.7 Å². The second-order valence-corrected chi connectivity index (χ2v) is 12.9. The van der Waals surface area contributed by atoms with Gasteiger partial charge in [0.2, 0.25) is 0 Å². The summed E-state index contributed by atoms with van der Waals surface area (Å²) in [6.45, 7) is 2.45. The number of alkyl halides is 2. The quantitative estimate of drug-likeness (QED) is 0.300. The molecule has 3 saturated carbocycles. The van der Waals surface area contributed by atoms with E-state index in [0.717, 1.165) is 44.9 Å². The van der Waals surface area contributed by atoms with E-state index in [-0.39, 0.29) is 40.8 Å². The molecule has 3 atom stereocenters. The van der Waals surface area contributed by atoms with Gasteiger partial charge < -0.3 is 29.6 Å². The number of ether oxygens (including phenoxy) is 4. The van der Waals surface area contributed by atoms with Gasteiger partial charge in [-0.25, -0.2) is 9.78 Å². The number of amides is 2. The van der Waals surface area contributed by atoms with E-state index in [2.05, 4.69) is 15.6 Å². The Kier molecular flexibility index (Phi) is 7.79. The number of nitrogens with one attached hydrogen (secondary N) is 2. The van der Waals surface area contributed by atoms with Crippen LogP contribution < -0.4 is 24.8 Å². The molecule has 2 unspecified atom stereocenters. The minimum atomic E-state index is -3.12. The van der Waals surface area contributed by atoms with E-state index in [0.29, 0.717) is 28.6 Å². The molecule has 0 spiro atoms. The van der Waals surface area contributed by atoms with E-state index >= 15 is 0 Å². The number of hydrogen-bond acceptors (Lipinski definition) is 7. The van der Waals surface area contributed by atoms with Crippen molar-refractivity contribution < 1.29 is 37.3 Å². The molecule has 3 aliphatic rings. The fraction of sp³-hybridized carbons (Fsp3) is 0.531. The lowest BCUT2D eigenvalue weighted by Gasteiger charge is -2.54. The monoisotopic (exact) mass is 612 g/mol. The molecule has 0 saturated heterocycles. The zero-order chi connectivity index (χ0) is 31.2. The van der Waals surface area contributed by atoms with E-state index in [4.69, 9.17) is 18.9 Å². The summed E-state index contributed by atoms with van der Waals surface area (Å²) in [6.07, 6.45) is 9.15. The van der Waals surface area contributed by atoms with Crippen molar-refractivity contribution in [2.75, 3.05) is 7.11 Å². The molecule has 6 rings (SSSR count). The number of benzene rings is 1. The number of carbonyl (C=O) groups is 2. The molecule has 0 bridgehead atoms. The van der Waals surface area contributed by atoms with Crippen molar-refractivity contribution in [3.8, 4) is 28.5 Å². The molecule has 3 aliphatic carbocycles. The first-order chi connectivity index (χ1) is 20.9. The van der Waals surface area contributed by atoms with Gasteiger partial charge in [-0.1, -0.05) is 0 Å². The fourth-order valence-electron chi connectivity index (χ4n) is 6.30. The Morgan fingerprint density at radius 3 is 2.48 bits per heavy atom. The number of hydrogen-bond donors (Lipinski definition) is 2. The smallest absolute Gasteiger partial charge is 0.408 e. The van der Waals surface area contributed by atoms with Gasteiger partial charge in [-0.3, -0.25) is 9.20 Å². The highest BCUT2D eigenvalue weighted by molar-refractivity contribution is 6.01. The van der Waals surface area contributed by atoms with Gasteiger partial charge in [0.25, 0.3) is 5.91 Å². The number of alkyl carbamates (subject to hydrolysis) is 1. The normalized spacial score (nSPS) is 23.0. The minimum Gasteiger partial charge on any atom is -0.496 e. The fourth-order valence-corrected chi connectivity index (χ4v) is 6.30. The third-order valence-electron chi connectivity index (χ3n) is 8.65. The molecule has 2 amide bonds. The van der Waals surface area contributed by atoms with Crippen molar-refractivity contribution in [2.24, 2.45) is 5.92 Å². The van der Waals surface area contributed by atoms with E-state index in [1.165, 1.54) is 13.2 Å². The van der Waals surface area contributed by atoms with Crippen LogP contribution in [-0.2, 0) is 4.74 Å². The number of halogens is 2. The number of rotatable bonds is 9. The molecule has 12 heteroatoms. The summed E-state index contributed by atoms with van der Waals surface area (Å²) >= 11 is 0. The molecule has 236 valence electrons. The molecule has 2 heterocycles. The van der Waals surface area contributed by atoms with Crippen LogP contribution >= 0.6 is 0 Å². The van der Waals surface area contributed by atoms with Crippen LogP contribution in [0.3, 0.4) is 0 Å². The van der Waals surface area contributed by atoms with Crippen molar-refractivity contribution in [2.45, 2.75) is 95.6 Å². The van der Waals surface area contributed by atoms with Gasteiger partial charge in [-0.05, 0) is 89.8 Å². The Hall–Kier alpha value is -4.09. The summed E-state index contributed by atoms with van der Waals surface area (Å²) in [4.78, 5) is 29.9. The molecule has 0 radical (unpaired) electrons. The minimum absolute atomic E-state index is 0.00149. The van der Waals surface area contributed by atoms with Gasteiger partial charge in [-0.2, -0.15) is 8.78 Å². The highest BCUT2D eigenvalue weighted by Crippen LogP contribution is 2.49. The Morgan fingerprint density at radius 2 is 1.84 bits per heavy atom. The van der Waals surface area contributed by atoms with E-state index in [1.54, 1.807) is 22.9 Å². The van der Waals surface area contributed by atoms with Crippen LogP contribution in [0.5, 0.6) is 17.2 Å². The Morgan fingerprint density at radius 1 is 1.09 bits per heavy atom. The average molecular weight is 613 g/mol. The van der Waals surface area contributed by atoms with Crippen molar-refractivity contribution >= 4 is 17.6 Å². The standard InChI is InChI=1S/C32H38F2N4O6/c1-31(2,3)44-30(40)37-32-10-7-19(32)15-21(8-11-32)42-22-9-12-38-23(17-35-26(38)16-22)18-13-24(41-4)27(25(14-18)43-29(33)34)28(39)36-20-5-6-20/h9,12-14,16-17,19-21,29H,5-8,10-11,15H2,1-4H3,(H,36,39)(H,37,40)/t19?,21-,32?/m0/s1. The largest absolute Gasteiger partial charge is 0.496 e. The summed E-state index contributed by atoms with van der Waals surface area (Å²) in [5.41, 5.74) is 0.846. The van der Waals surface area contributed by atoms with Crippen LogP contribution in [0.1, 0.15) is 76.1 Å². The first kappa shape index (κ1) is 30.0. The van der Waals surface area contributed by atoms with Gasteiger partial charge in [0.1, 0.15) is 34.1 Å². The van der Waals surface area contributed by atoms with Crippen LogP contribution in [0, 0.1) is 5.92 Å². The summed E-state index contributed by atoms with van der Waals surface area (Å²) in [7, 11) is 1.38. The van der Waals surface area contributed by atoms with Crippen molar-refractivity contribution in [3.05, 3.63) is 42.2 Å². The summed E-state index contributed by atoms with van der Waals surface area (Å²) in [6, 6.07) is 6.72. The second kappa shape index (κ2) is 11.4. The van der Waals surface area contributed by atoms with Crippen molar-refractivity contribution in [3.63, 3.8) is 0 Å². The average Bonchev–Trinajstić information content (AvgIpc) is 3.65. The molecule has 10 nitrogen and oxygen atoms in total. The highest BCUT2D eigenvalue weighted by Gasteiger charge is 2.52. The first-order valence-corrected chi connectivity index (χ1v) is 15.1. The topological polar surface area (TPSA) is 112 Å². The number of imidazole rings is 1. The Labute approximate surface area is 254 Å². The molecular weight excluding hydrogens is 574 g/mol. The van der Waals surface area contributed by atoms with Crippen molar-refractivity contribution in [1.82, 2.24) is 20.0 Å². The summed E-state index contributed by atoms with van der Waals surface area (Å²) < 4.78 is 50.7. The number of fused-ring (bicyclic) bond motifs is 2. The predicted octanol–water partition coefficient (Wildman–Crippen LogP) is 6.11. The Bertz CT molecular complexity index is 1570. The lowest BCUT2D eigenvalue weighted by molar-refractivity contribution is -0.0502. The van der Waals surface area contributed by atoms with Gasteiger partial charge in [-0.15, -0.1) is 0 Å². The molecular formula is C32H38F2N4O6. The molecule has 2 aromatic heterocycles. The molecule has 3 aromatic rings. The zero-order valence-corrected chi connectivity index (χ0v) is 25.3. The molecule has 2 N–H and O–H groups in total. The summed E-state index contributed by atoms with van der Waals surface area (Å²) in [5.74, 6) is 0.320. The molecule has 1 aromatic carbocycles. The maximum atomic E-state index is 13.4. The van der Waals surface area contributed by atoms with Gasteiger partial charge in [0.05, 0.1) is 25.1 Å². The number of methoxy groups -OCH3 is 1. The van der Waals surface area contributed by atoms with Crippen LogP contribution in [-0.4, -0.2) is 58.4 Å². The summed E-state index contributed by atoms with van der Waals surface area (Å²) in [5, 5.41) is 5.96. The molecule has 3 fully saturated rings. The zero-order valence-electron chi connectivity index (χ0n) is 25.3. The number of carbonyl (C=O) groups excluding carboxylic acids is 2. The maximum Gasteiger partial charge on any atom is 0.408 e. The lowest BCUT2D eigenvalue weighted by atomic mass is 9.59. The number of pyridine rings is 1. The molecule has 44 heavy (non-hydrogen) atoms. The number of aromatic nitrogens is 2. The van der Waals surface area contributed by atoms with Crippen LogP contribution in [0.4, 0.5) is 13.6 Å².